The standard InChI is InChI=1S/C36H34F4N4O5S/c1-3-35(23-6-4-5-22(19-23)7-10-31(45)46)13-14-36(39,40)15-18-50(47,48)17-12-26-25-11-16-41-30(25)21-29(38)32(26)49-24-8-9-28(37)27(20-24)33-42-34(35)43-44(33)2/h3-6,8-9,11,16,19-21,41H,1,7,10,12-15,17-18H2,2H3,(H,45,46). The first-order valence-corrected chi connectivity index (χ1v) is 17.7. The first kappa shape index (κ1) is 34.9. The molecule has 0 radical (unpaired) electrons. The Morgan fingerprint density at radius 3 is 2.64 bits per heavy atom. The van der Waals surface area contributed by atoms with Gasteiger partial charge < -0.3 is 14.8 Å². The van der Waals surface area contributed by atoms with Gasteiger partial charge in [0.2, 0.25) is 5.92 Å². The topological polar surface area (TPSA) is 127 Å². The molecule has 2 aromatic heterocycles. The summed E-state index contributed by atoms with van der Waals surface area (Å²) in [6, 6.07) is 13.3. The fraction of sp³-hybridized carbons (Fsp3) is 0.306. The van der Waals surface area contributed by atoms with Crippen LogP contribution in [0.25, 0.3) is 22.3 Å². The third-order valence-electron chi connectivity index (χ3n) is 9.17. The van der Waals surface area contributed by atoms with Gasteiger partial charge in [-0.2, -0.15) is 5.10 Å². The van der Waals surface area contributed by atoms with E-state index >= 15 is 17.6 Å². The number of allylic oxidation sites excluding steroid dienone is 1. The number of benzene rings is 3. The van der Waals surface area contributed by atoms with Crippen molar-refractivity contribution in [3.63, 3.8) is 0 Å². The minimum atomic E-state index is -4.06. The van der Waals surface area contributed by atoms with Gasteiger partial charge in [0.1, 0.15) is 11.6 Å². The zero-order valence-corrected chi connectivity index (χ0v) is 27.9. The summed E-state index contributed by atoms with van der Waals surface area (Å²) in [6.07, 6.45) is 0.703. The number of ether oxygens (including phenoxy) is 1. The average Bonchev–Trinajstić information content (AvgIpc) is 3.70. The number of nitrogens with zero attached hydrogens (tertiary/aromatic N) is 3. The Labute approximate surface area is 285 Å². The molecule has 4 bridgehead atoms. The number of rotatable bonds is 5. The second-order valence-electron chi connectivity index (χ2n) is 12.5. The van der Waals surface area contributed by atoms with Crippen LogP contribution in [-0.4, -0.2) is 56.7 Å². The molecule has 0 saturated heterocycles. The third-order valence-corrected chi connectivity index (χ3v) is 10.8. The predicted molar refractivity (Wildman–Crippen MR) is 179 cm³/mol. The highest BCUT2D eigenvalue weighted by Crippen LogP contribution is 2.42. The zero-order valence-electron chi connectivity index (χ0n) is 27.1. The number of aliphatic carboxylic acids is 1. The van der Waals surface area contributed by atoms with E-state index < -0.39 is 63.1 Å². The summed E-state index contributed by atoms with van der Waals surface area (Å²) in [6.45, 7) is 3.96. The van der Waals surface area contributed by atoms with E-state index in [-0.39, 0.29) is 60.0 Å². The highest BCUT2D eigenvalue weighted by Gasteiger charge is 2.41. The molecule has 6 rings (SSSR count). The van der Waals surface area contributed by atoms with Crippen molar-refractivity contribution in [2.75, 3.05) is 11.5 Å². The second-order valence-corrected chi connectivity index (χ2v) is 14.8. The van der Waals surface area contributed by atoms with Crippen molar-refractivity contribution in [3.05, 3.63) is 108 Å². The molecule has 5 aromatic rings. The summed E-state index contributed by atoms with van der Waals surface area (Å²) in [4.78, 5) is 18.8. The molecule has 0 amide bonds. The maximum atomic E-state index is 15.7. The predicted octanol–water partition coefficient (Wildman–Crippen LogP) is 7.30. The van der Waals surface area contributed by atoms with E-state index in [1.54, 1.807) is 36.5 Å². The summed E-state index contributed by atoms with van der Waals surface area (Å²) in [5.74, 6) is -7.54. The monoisotopic (exact) mass is 710 g/mol. The zero-order chi connectivity index (χ0) is 35.8. The molecule has 1 unspecified atom stereocenters. The molecular formula is C36H34F4N4O5S. The number of fused-ring (bicyclic) bond motifs is 8. The fourth-order valence-corrected chi connectivity index (χ4v) is 7.70. The summed E-state index contributed by atoms with van der Waals surface area (Å²) in [7, 11) is -2.55. The number of hydrogen-bond acceptors (Lipinski definition) is 6. The molecule has 1 atom stereocenters. The molecule has 0 spiro atoms. The smallest absolute Gasteiger partial charge is 0.303 e. The van der Waals surface area contributed by atoms with Crippen LogP contribution < -0.4 is 4.74 Å². The highest BCUT2D eigenvalue weighted by atomic mass is 32.2. The van der Waals surface area contributed by atoms with E-state index in [1.165, 1.54) is 36.0 Å². The van der Waals surface area contributed by atoms with Crippen LogP contribution in [0.5, 0.6) is 11.5 Å². The van der Waals surface area contributed by atoms with Crippen molar-refractivity contribution in [3.8, 4) is 22.9 Å². The van der Waals surface area contributed by atoms with Gasteiger partial charge in [-0.25, -0.2) is 35.6 Å². The Hall–Kier alpha value is -4.98. The Kier molecular flexibility index (Phi) is 9.33. The largest absolute Gasteiger partial charge is 0.481 e. The van der Waals surface area contributed by atoms with Crippen LogP contribution in [0, 0.1) is 11.6 Å². The Bertz CT molecular complexity index is 2220. The van der Waals surface area contributed by atoms with Gasteiger partial charge in [0.15, 0.2) is 33.1 Å². The first-order valence-electron chi connectivity index (χ1n) is 15.9. The Morgan fingerprint density at radius 2 is 1.88 bits per heavy atom. The van der Waals surface area contributed by atoms with Crippen LogP contribution >= 0.6 is 0 Å². The van der Waals surface area contributed by atoms with Crippen molar-refractivity contribution >= 4 is 26.7 Å². The summed E-state index contributed by atoms with van der Waals surface area (Å²) < 4.78 is 96.1. The van der Waals surface area contributed by atoms with Crippen LogP contribution in [0.4, 0.5) is 17.6 Å². The minimum Gasteiger partial charge on any atom is -0.481 e. The number of H-pyrrole nitrogens is 1. The number of alkyl halides is 2. The van der Waals surface area contributed by atoms with E-state index in [1.807, 2.05) is 0 Å². The number of carboxylic acids is 1. The van der Waals surface area contributed by atoms with Crippen molar-refractivity contribution in [1.82, 2.24) is 19.7 Å². The lowest BCUT2D eigenvalue weighted by Gasteiger charge is -2.31. The highest BCUT2D eigenvalue weighted by molar-refractivity contribution is 7.91. The number of carbonyl (C=O) groups is 1. The van der Waals surface area contributed by atoms with E-state index in [0.29, 0.717) is 22.0 Å². The number of nitrogens with one attached hydrogen (secondary N) is 1. The van der Waals surface area contributed by atoms with Crippen LogP contribution in [0.15, 0.2) is 73.4 Å². The number of halogens is 4. The maximum absolute atomic E-state index is 15.7. The van der Waals surface area contributed by atoms with Gasteiger partial charge in [0, 0.05) is 55.0 Å². The first-order chi connectivity index (χ1) is 23.7. The van der Waals surface area contributed by atoms with Gasteiger partial charge >= 0.3 is 5.97 Å². The lowest BCUT2D eigenvalue weighted by Crippen LogP contribution is -2.31. The van der Waals surface area contributed by atoms with Crippen LogP contribution in [-0.2, 0) is 39.9 Å². The second kappa shape index (κ2) is 13.4. The molecule has 1 aliphatic heterocycles. The van der Waals surface area contributed by atoms with Gasteiger partial charge in [0.05, 0.1) is 22.5 Å². The SMILES string of the molecule is C=CC1(c2cccc(CCC(=O)O)c2)CCC(F)(F)CCS(=O)(=O)CCc2c(c(F)cc3[nH]ccc23)Oc2ccc(F)c(c2)-c2nc1nn2C. The fourth-order valence-electron chi connectivity index (χ4n) is 6.37. The molecule has 0 fully saturated rings. The van der Waals surface area contributed by atoms with Gasteiger partial charge in [-0.1, -0.05) is 30.3 Å². The van der Waals surface area contributed by atoms with Gasteiger partial charge in [-0.15, -0.1) is 6.58 Å². The third kappa shape index (κ3) is 7.02. The molecule has 1 aliphatic rings. The normalized spacial score (nSPS) is 19.1. The Morgan fingerprint density at radius 1 is 1.08 bits per heavy atom. The number of aromatic amines is 1. The minimum absolute atomic E-state index is 0.0156. The lowest BCUT2D eigenvalue weighted by atomic mass is 9.74. The molecule has 262 valence electrons. The molecule has 9 nitrogen and oxygen atoms in total. The van der Waals surface area contributed by atoms with Crippen molar-refractivity contribution in [2.45, 2.75) is 49.9 Å². The lowest BCUT2D eigenvalue weighted by molar-refractivity contribution is -0.136. The molecule has 3 aromatic carbocycles. The summed E-state index contributed by atoms with van der Waals surface area (Å²) >= 11 is 0. The van der Waals surface area contributed by atoms with Crippen LogP contribution in [0.2, 0.25) is 0 Å². The molecular weight excluding hydrogens is 676 g/mol. The molecule has 50 heavy (non-hydrogen) atoms. The van der Waals surface area contributed by atoms with Crippen molar-refractivity contribution < 1.29 is 40.6 Å². The molecule has 3 heterocycles. The molecule has 0 saturated carbocycles. The quantitative estimate of drug-likeness (QED) is 0.145. The molecule has 14 heteroatoms. The van der Waals surface area contributed by atoms with E-state index in [4.69, 9.17) is 4.74 Å². The van der Waals surface area contributed by atoms with E-state index in [9.17, 15) is 18.3 Å². The Balaban J connectivity index is 1.53. The van der Waals surface area contributed by atoms with Gasteiger partial charge in [-0.3, -0.25) is 4.79 Å². The number of aromatic nitrogens is 4. The van der Waals surface area contributed by atoms with E-state index in [0.717, 1.165) is 6.07 Å². The average molecular weight is 711 g/mol. The molecule has 0 aliphatic carbocycles. The summed E-state index contributed by atoms with van der Waals surface area (Å²) in [5.41, 5.74) is 0.130. The molecule has 2 N–H and O–H groups in total. The maximum Gasteiger partial charge on any atom is 0.303 e. The number of aryl methyl sites for hydroxylation is 3. The van der Waals surface area contributed by atoms with Crippen LogP contribution in [0.1, 0.15) is 48.2 Å². The van der Waals surface area contributed by atoms with Gasteiger partial charge in [-0.05, 0) is 54.7 Å². The number of sulfone groups is 1. The summed E-state index contributed by atoms with van der Waals surface area (Å²) in [5, 5.41) is 14.3. The van der Waals surface area contributed by atoms with E-state index in [2.05, 4.69) is 21.6 Å². The number of carboxylic acid groups (broad SMARTS) is 1. The van der Waals surface area contributed by atoms with Crippen LogP contribution in [0.3, 0.4) is 0 Å². The number of hydrogen-bond donors (Lipinski definition) is 2. The van der Waals surface area contributed by atoms with Crippen molar-refractivity contribution in [1.29, 1.82) is 0 Å². The van der Waals surface area contributed by atoms with Gasteiger partial charge in [0.25, 0.3) is 0 Å². The van der Waals surface area contributed by atoms with Crippen molar-refractivity contribution in [2.24, 2.45) is 7.05 Å².